The lowest BCUT2D eigenvalue weighted by atomic mass is 10.1. The Morgan fingerprint density at radius 1 is 0.771 bits per heavy atom. The summed E-state index contributed by atoms with van der Waals surface area (Å²) in [7, 11) is -5.79. The highest BCUT2D eigenvalue weighted by molar-refractivity contribution is 7.85. The van der Waals surface area contributed by atoms with Gasteiger partial charge in [-0.3, -0.25) is 0 Å². The van der Waals surface area contributed by atoms with Gasteiger partial charge in [-0.1, -0.05) is 58.2 Å². The Kier molecular flexibility index (Phi) is 13.2. The van der Waals surface area contributed by atoms with E-state index in [4.69, 9.17) is 10.2 Å². The first-order valence-corrected chi connectivity index (χ1v) is 15.7. The van der Waals surface area contributed by atoms with E-state index >= 15 is 0 Å². The highest BCUT2D eigenvalue weighted by atomic mass is 32.2. The van der Waals surface area contributed by atoms with E-state index in [9.17, 15) is 22.6 Å². The minimum Gasteiger partial charge on any atom is -0.744 e. The fourth-order valence-corrected chi connectivity index (χ4v) is 9.40. The Morgan fingerprint density at radius 3 is 1.49 bits per heavy atom. The van der Waals surface area contributed by atoms with Crippen molar-refractivity contribution in [3.05, 3.63) is 59.7 Å². The molecule has 0 fully saturated rings. The van der Waals surface area contributed by atoms with Gasteiger partial charge in [0.1, 0.15) is 10.1 Å². The maximum Gasteiger partial charge on any atom is 0.335 e. The number of carboxylic acid groups (broad SMARTS) is 2. The first-order chi connectivity index (χ1) is 16.5. The topological polar surface area (TPSA) is 132 Å². The molecule has 0 atom stereocenters. The van der Waals surface area contributed by atoms with E-state index in [1.807, 2.05) is 0 Å². The molecule has 0 spiro atoms. The summed E-state index contributed by atoms with van der Waals surface area (Å²) in [4.78, 5) is 20.2. The van der Waals surface area contributed by atoms with Crippen LogP contribution in [0.2, 0.25) is 0 Å². The zero-order chi connectivity index (χ0) is 26.5. The number of hydrogen-bond acceptors (Lipinski definition) is 5. The SMILES string of the molecule is CCCC[P+](CCCC)(CCCC)c1ccccc1.O=C(O)c1cc(C(=O)O)cc(S(=O)(=O)[O-])c1. The molecule has 0 bridgehead atoms. The summed E-state index contributed by atoms with van der Waals surface area (Å²) >= 11 is 0. The molecular weight excluding hydrogens is 487 g/mol. The Labute approximate surface area is 209 Å². The van der Waals surface area contributed by atoms with E-state index in [0.29, 0.717) is 12.1 Å². The summed E-state index contributed by atoms with van der Waals surface area (Å²) in [6.07, 6.45) is 12.7. The number of benzene rings is 2. The summed E-state index contributed by atoms with van der Waals surface area (Å²) in [6, 6.07) is 13.5. The standard InChI is InChI=1S/C18H32P.C8H6O7S/c1-4-7-15-19(16-8-5-2,17-9-6-3)18-13-11-10-12-14-18;9-7(10)4-1-5(8(11)12)3-6(2-4)16(13,14)15/h10-14H,4-9,15-17H2,1-3H3;1-3H,(H,9,10)(H,11,12)(H,13,14,15)/q+1;/p-1. The van der Waals surface area contributed by atoms with Gasteiger partial charge >= 0.3 is 11.9 Å². The van der Waals surface area contributed by atoms with Gasteiger partial charge in [0.25, 0.3) is 0 Å². The molecule has 2 rings (SSSR count). The molecule has 0 amide bonds. The van der Waals surface area contributed by atoms with Crippen molar-refractivity contribution < 1.29 is 32.8 Å². The summed E-state index contributed by atoms with van der Waals surface area (Å²) in [5.74, 6) is -3.04. The van der Waals surface area contributed by atoms with Crippen LogP contribution in [0.15, 0.2) is 53.4 Å². The summed E-state index contributed by atoms with van der Waals surface area (Å²) < 4.78 is 31.9. The predicted octanol–water partition coefficient (Wildman–Crippen LogP) is 5.72. The molecule has 0 radical (unpaired) electrons. The molecule has 0 aliphatic carbocycles. The van der Waals surface area contributed by atoms with Crippen molar-refractivity contribution in [2.75, 3.05) is 18.5 Å². The summed E-state index contributed by atoms with van der Waals surface area (Å²) in [5, 5.41) is 18.9. The third-order valence-electron chi connectivity index (χ3n) is 5.81. The molecule has 2 aromatic rings. The molecule has 0 aliphatic rings. The van der Waals surface area contributed by atoms with Gasteiger partial charge in [0, 0.05) is 7.26 Å². The van der Waals surface area contributed by atoms with E-state index in [-0.39, 0.29) is 0 Å². The van der Waals surface area contributed by atoms with Crippen molar-refractivity contribution in [3.63, 3.8) is 0 Å². The molecule has 0 saturated carbocycles. The van der Waals surface area contributed by atoms with Crippen LogP contribution in [-0.2, 0) is 10.1 Å². The lowest BCUT2D eigenvalue weighted by Crippen LogP contribution is -2.20. The van der Waals surface area contributed by atoms with Crippen LogP contribution in [0.3, 0.4) is 0 Å². The number of unbranched alkanes of at least 4 members (excludes halogenated alkanes) is 3. The van der Waals surface area contributed by atoms with Crippen molar-refractivity contribution >= 4 is 34.6 Å². The average molecular weight is 525 g/mol. The van der Waals surface area contributed by atoms with Crippen LogP contribution in [0.4, 0.5) is 0 Å². The van der Waals surface area contributed by atoms with Crippen LogP contribution < -0.4 is 5.30 Å². The first kappa shape index (κ1) is 30.8. The number of rotatable bonds is 13. The number of carboxylic acids is 2. The fraction of sp³-hybridized carbons (Fsp3) is 0.462. The molecule has 2 N–H and O–H groups in total. The van der Waals surface area contributed by atoms with Crippen molar-refractivity contribution in [1.29, 1.82) is 0 Å². The molecule has 0 unspecified atom stereocenters. The Morgan fingerprint density at radius 2 is 1.17 bits per heavy atom. The lowest BCUT2D eigenvalue weighted by Gasteiger charge is -2.27. The number of carbonyl (C=O) groups is 2. The Hall–Kier alpha value is -2.28. The van der Waals surface area contributed by atoms with Gasteiger partial charge in [-0.05, 0) is 49.6 Å². The summed E-state index contributed by atoms with van der Waals surface area (Å²) in [6.45, 7) is 7.00. The van der Waals surface area contributed by atoms with Crippen LogP contribution in [0.5, 0.6) is 0 Å². The lowest BCUT2D eigenvalue weighted by molar-refractivity contribution is 0.0696. The van der Waals surface area contributed by atoms with Crippen molar-refractivity contribution in [2.45, 2.75) is 64.2 Å². The van der Waals surface area contributed by atoms with Crippen molar-refractivity contribution in [1.82, 2.24) is 0 Å². The molecule has 0 aliphatic heterocycles. The van der Waals surface area contributed by atoms with Gasteiger partial charge < -0.3 is 14.8 Å². The second-order valence-electron chi connectivity index (χ2n) is 8.52. The second kappa shape index (κ2) is 15.0. The molecule has 7 nitrogen and oxygen atoms in total. The molecule has 35 heavy (non-hydrogen) atoms. The zero-order valence-corrected chi connectivity index (χ0v) is 22.5. The normalized spacial score (nSPS) is 11.4. The van der Waals surface area contributed by atoms with Gasteiger partial charge in [0.15, 0.2) is 0 Å². The zero-order valence-electron chi connectivity index (χ0n) is 20.8. The smallest absolute Gasteiger partial charge is 0.335 e. The van der Waals surface area contributed by atoms with Gasteiger partial charge in [-0.25, -0.2) is 18.0 Å². The molecule has 2 aromatic carbocycles. The Bertz CT molecular complexity index is 999. The third kappa shape index (κ3) is 10.1. The quantitative estimate of drug-likeness (QED) is 0.253. The number of aromatic carboxylic acids is 2. The number of hydrogen-bond donors (Lipinski definition) is 2. The minimum absolute atomic E-state index is 0.575. The monoisotopic (exact) mass is 524 g/mol. The van der Waals surface area contributed by atoms with E-state index in [0.717, 1.165) is 6.07 Å². The molecule has 9 heteroatoms. The van der Waals surface area contributed by atoms with Crippen LogP contribution in [0, 0.1) is 0 Å². The van der Waals surface area contributed by atoms with Gasteiger partial charge in [-0.15, -0.1) is 0 Å². The van der Waals surface area contributed by atoms with E-state index in [1.54, 1.807) is 5.30 Å². The summed E-state index contributed by atoms with van der Waals surface area (Å²) in [5.41, 5.74) is -1.15. The maximum absolute atomic E-state index is 10.6. The third-order valence-corrected chi connectivity index (χ3v) is 11.5. The highest BCUT2D eigenvalue weighted by Gasteiger charge is 2.37. The molecule has 194 valence electrons. The van der Waals surface area contributed by atoms with Crippen LogP contribution in [0.25, 0.3) is 0 Å². The van der Waals surface area contributed by atoms with Gasteiger partial charge in [0.05, 0.1) is 39.8 Å². The maximum atomic E-state index is 10.6. The molecule has 0 aromatic heterocycles. The molecule has 0 saturated heterocycles. The van der Waals surface area contributed by atoms with Crippen LogP contribution >= 0.6 is 7.26 Å². The van der Waals surface area contributed by atoms with Crippen molar-refractivity contribution in [3.8, 4) is 0 Å². The van der Waals surface area contributed by atoms with Crippen LogP contribution in [-0.4, -0.2) is 53.6 Å². The largest absolute Gasteiger partial charge is 0.744 e. The van der Waals surface area contributed by atoms with Gasteiger partial charge in [0.2, 0.25) is 0 Å². The predicted molar refractivity (Wildman–Crippen MR) is 141 cm³/mol. The van der Waals surface area contributed by atoms with E-state index in [2.05, 4.69) is 51.1 Å². The average Bonchev–Trinajstić information content (AvgIpc) is 2.84. The first-order valence-electron chi connectivity index (χ1n) is 12.0. The van der Waals surface area contributed by atoms with E-state index in [1.165, 1.54) is 57.0 Å². The second-order valence-corrected chi connectivity index (χ2v) is 14.1. The van der Waals surface area contributed by atoms with Gasteiger partial charge in [-0.2, -0.15) is 0 Å². The van der Waals surface area contributed by atoms with E-state index < -0.39 is 45.3 Å². The van der Waals surface area contributed by atoms with Crippen molar-refractivity contribution in [2.24, 2.45) is 0 Å². The Balaban J connectivity index is 0.000000355. The highest BCUT2D eigenvalue weighted by Crippen LogP contribution is 2.59. The fourth-order valence-electron chi connectivity index (χ4n) is 3.84. The molecular formula is C26H37O7PS. The minimum atomic E-state index is -4.89. The van der Waals surface area contributed by atoms with Crippen LogP contribution in [0.1, 0.15) is 80.0 Å². The molecule has 0 heterocycles.